The third-order valence-electron chi connectivity index (χ3n) is 2.33. The van der Waals surface area contributed by atoms with Crippen molar-refractivity contribution in [2.45, 2.75) is 19.9 Å². The lowest BCUT2D eigenvalue weighted by molar-refractivity contribution is 0.506. The quantitative estimate of drug-likeness (QED) is 0.807. The number of anilines is 1. The van der Waals surface area contributed by atoms with E-state index in [4.69, 9.17) is 5.73 Å². The van der Waals surface area contributed by atoms with Crippen LogP contribution >= 0.6 is 0 Å². The number of nitrogens with two attached hydrogens (primary N) is 1. The van der Waals surface area contributed by atoms with Gasteiger partial charge in [0.1, 0.15) is 0 Å². The van der Waals surface area contributed by atoms with E-state index in [1.54, 1.807) is 0 Å². The minimum absolute atomic E-state index is 0.0647. The van der Waals surface area contributed by atoms with Gasteiger partial charge in [-0.2, -0.15) is 0 Å². The van der Waals surface area contributed by atoms with E-state index in [1.807, 2.05) is 13.8 Å². The van der Waals surface area contributed by atoms with E-state index >= 15 is 0 Å². The Morgan fingerprint density at radius 1 is 1.27 bits per heavy atom. The highest BCUT2D eigenvalue weighted by Gasteiger charge is 2.11. The first-order valence-electron chi connectivity index (χ1n) is 4.96. The number of nitrogens with one attached hydrogen (secondary N) is 1. The van der Waals surface area contributed by atoms with Gasteiger partial charge in [0.15, 0.2) is 11.6 Å². The standard InChI is InChI=1S/C11H16F2N2/c1-7(2)11(6-14)15-8-3-4-9(12)10(13)5-8/h3-5,7,11,15H,6,14H2,1-2H3. The predicted molar refractivity (Wildman–Crippen MR) is 57.7 cm³/mol. The molecule has 1 unspecified atom stereocenters. The van der Waals surface area contributed by atoms with E-state index in [9.17, 15) is 8.78 Å². The molecule has 0 spiro atoms. The molecule has 0 aromatic heterocycles. The van der Waals surface area contributed by atoms with Crippen molar-refractivity contribution >= 4 is 5.69 Å². The molecule has 4 heteroatoms. The average Bonchev–Trinajstić information content (AvgIpc) is 2.19. The molecule has 2 nitrogen and oxygen atoms in total. The first-order chi connectivity index (χ1) is 7.04. The smallest absolute Gasteiger partial charge is 0.160 e. The fraction of sp³-hybridized carbons (Fsp3) is 0.455. The molecule has 0 bridgehead atoms. The highest BCUT2D eigenvalue weighted by atomic mass is 19.2. The molecule has 15 heavy (non-hydrogen) atoms. The number of hydrogen-bond donors (Lipinski definition) is 2. The largest absolute Gasteiger partial charge is 0.381 e. The fourth-order valence-electron chi connectivity index (χ4n) is 1.30. The summed E-state index contributed by atoms with van der Waals surface area (Å²) in [4.78, 5) is 0. The maximum atomic E-state index is 12.9. The molecular formula is C11H16F2N2. The molecule has 1 aromatic rings. The molecular weight excluding hydrogens is 198 g/mol. The Hall–Kier alpha value is -1.16. The SMILES string of the molecule is CC(C)C(CN)Nc1ccc(F)c(F)c1. The predicted octanol–water partition coefficient (Wildman–Crippen LogP) is 2.36. The van der Waals surface area contributed by atoms with Crippen LogP contribution in [0, 0.1) is 17.6 Å². The first kappa shape index (κ1) is 11.9. The Morgan fingerprint density at radius 2 is 1.93 bits per heavy atom. The van der Waals surface area contributed by atoms with Gasteiger partial charge in [-0.1, -0.05) is 13.8 Å². The summed E-state index contributed by atoms with van der Waals surface area (Å²) in [6.45, 7) is 4.49. The molecule has 0 radical (unpaired) electrons. The Labute approximate surface area is 88.5 Å². The van der Waals surface area contributed by atoms with Crippen LogP contribution in [-0.2, 0) is 0 Å². The van der Waals surface area contributed by atoms with Crippen LogP contribution < -0.4 is 11.1 Å². The van der Waals surface area contributed by atoms with Gasteiger partial charge in [0.05, 0.1) is 0 Å². The molecule has 0 aliphatic heterocycles. The second-order valence-electron chi connectivity index (χ2n) is 3.86. The molecule has 84 valence electrons. The summed E-state index contributed by atoms with van der Waals surface area (Å²) in [7, 11) is 0. The van der Waals surface area contributed by atoms with Gasteiger partial charge < -0.3 is 11.1 Å². The van der Waals surface area contributed by atoms with Crippen LogP contribution in [0.1, 0.15) is 13.8 Å². The Morgan fingerprint density at radius 3 is 2.40 bits per heavy atom. The Kier molecular flexibility index (Phi) is 4.03. The van der Waals surface area contributed by atoms with Crippen molar-refractivity contribution in [2.24, 2.45) is 11.7 Å². The highest BCUT2D eigenvalue weighted by Crippen LogP contribution is 2.15. The van der Waals surface area contributed by atoms with Crippen molar-refractivity contribution < 1.29 is 8.78 Å². The Bertz CT molecular complexity index is 326. The van der Waals surface area contributed by atoms with Crippen LogP contribution in [0.2, 0.25) is 0 Å². The summed E-state index contributed by atoms with van der Waals surface area (Å²) < 4.78 is 25.5. The van der Waals surface area contributed by atoms with Crippen LogP contribution in [0.25, 0.3) is 0 Å². The van der Waals surface area contributed by atoms with E-state index in [0.717, 1.165) is 12.1 Å². The molecule has 0 saturated heterocycles. The van der Waals surface area contributed by atoms with Gasteiger partial charge in [0.2, 0.25) is 0 Å². The molecule has 0 saturated carbocycles. The minimum atomic E-state index is -0.848. The van der Waals surface area contributed by atoms with Crippen LogP contribution in [0.15, 0.2) is 18.2 Å². The first-order valence-corrected chi connectivity index (χ1v) is 4.96. The zero-order valence-electron chi connectivity index (χ0n) is 8.93. The summed E-state index contributed by atoms with van der Waals surface area (Å²) in [5.41, 5.74) is 6.11. The van der Waals surface area contributed by atoms with E-state index in [1.165, 1.54) is 6.07 Å². The lowest BCUT2D eigenvalue weighted by Gasteiger charge is -2.21. The average molecular weight is 214 g/mol. The van der Waals surface area contributed by atoms with Crippen molar-refractivity contribution in [1.82, 2.24) is 0 Å². The fourth-order valence-corrected chi connectivity index (χ4v) is 1.30. The van der Waals surface area contributed by atoms with Gasteiger partial charge >= 0.3 is 0 Å². The monoisotopic (exact) mass is 214 g/mol. The third kappa shape index (κ3) is 3.16. The van der Waals surface area contributed by atoms with E-state index in [2.05, 4.69) is 5.32 Å². The summed E-state index contributed by atoms with van der Waals surface area (Å²) in [6.07, 6.45) is 0. The van der Waals surface area contributed by atoms with E-state index in [-0.39, 0.29) is 6.04 Å². The minimum Gasteiger partial charge on any atom is -0.381 e. The van der Waals surface area contributed by atoms with Crippen molar-refractivity contribution in [2.75, 3.05) is 11.9 Å². The maximum absolute atomic E-state index is 12.9. The summed E-state index contributed by atoms with van der Waals surface area (Å²) in [5, 5.41) is 3.06. The van der Waals surface area contributed by atoms with Gasteiger partial charge in [-0.05, 0) is 18.1 Å². The number of rotatable bonds is 4. The molecule has 0 amide bonds. The molecule has 3 N–H and O–H groups in total. The zero-order valence-corrected chi connectivity index (χ0v) is 8.93. The van der Waals surface area contributed by atoms with Gasteiger partial charge in [-0.25, -0.2) is 8.78 Å². The molecule has 0 fully saturated rings. The lowest BCUT2D eigenvalue weighted by atomic mass is 10.0. The lowest BCUT2D eigenvalue weighted by Crippen LogP contribution is -2.33. The molecule has 1 aromatic carbocycles. The highest BCUT2D eigenvalue weighted by molar-refractivity contribution is 5.44. The zero-order chi connectivity index (χ0) is 11.4. The number of hydrogen-bond acceptors (Lipinski definition) is 2. The second-order valence-corrected chi connectivity index (χ2v) is 3.86. The topological polar surface area (TPSA) is 38.0 Å². The van der Waals surface area contributed by atoms with Crippen molar-refractivity contribution in [1.29, 1.82) is 0 Å². The van der Waals surface area contributed by atoms with E-state index in [0.29, 0.717) is 18.2 Å². The number of halogens is 2. The van der Waals surface area contributed by atoms with Crippen LogP contribution in [0.4, 0.5) is 14.5 Å². The molecule has 0 heterocycles. The van der Waals surface area contributed by atoms with E-state index < -0.39 is 11.6 Å². The van der Waals surface area contributed by atoms with Gasteiger partial charge in [-0.3, -0.25) is 0 Å². The number of benzene rings is 1. The molecule has 1 rings (SSSR count). The molecule has 0 aliphatic carbocycles. The third-order valence-corrected chi connectivity index (χ3v) is 2.33. The summed E-state index contributed by atoms with van der Waals surface area (Å²) >= 11 is 0. The van der Waals surface area contributed by atoms with Crippen molar-refractivity contribution in [3.05, 3.63) is 29.8 Å². The second kappa shape index (κ2) is 5.07. The molecule has 0 aliphatic rings. The van der Waals surface area contributed by atoms with Crippen LogP contribution in [0.3, 0.4) is 0 Å². The maximum Gasteiger partial charge on any atom is 0.160 e. The van der Waals surface area contributed by atoms with Gasteiger partial charge in [0, 0.05) is 24.3 Å². The Balaban J connectivity index is 2.75. The van der Waals surface area contributed by atoms with Crippen LogP contribution in [-0.4, -0.2) is 12.6 Å². The summed E-state index contributed by atoms with van der Waals surface area (Å²) in [6, 6.07) is 3.81. The van der Waals surface area contributed by atoms with Crippen molar-refractivity contribution in [3.8, 4) is 0 Å². The summed E-state index contributed by atoms with van der Waals surface area (Å²) in [5.74, 6) is -1.35. The van der Waals surface area contributed by atoms with Crippen molar-refractivity contribution in [3.63, 3.8) is 0 Å². The van der Waals surface area contributed by atoms with Crippen LogP contribution in [0.5, 0.6) is 0 Å². The molecule has 1 atom stereocenters. The van der Waals surface area contributed by atoms with Gasteiger partial charge in [0.25, 0.3) is 0 Å². The van der Waals surface area contributed by atoms with Gasteiger partial charge in [-0.15, -0.1) is 0 Å². The normalized spacial score (nSPS) is 12.9.